The van der Waals surface area contributed by atoms with Crippen LogP contribution in [0.4, 0.5) is 5.82 Å². The van der Waals surface area contributed by atoms with Crippen LogP contribution in [0.3, 0.4) is 0 Å². The van der Waals surface area contributed by atoms with E-state index >= 15 is 0 Å². The van der Waals surface area contributed by atoms with Crippen molar-refractivity contribution in [2.75, 3.05) is 18.0 Å². The molecule has 1 fully saturated rings. The summed E-state index contributed by atoms with van der Waals surface area (Å²) < 4.78 is 1.89. The maximum atomic E-state index is 10.8. The van der Waals surface area contributed by atoms with Crippen LogP contribution < -0.4 is 4.90 Å². The Kier molecular flexibility index (Phi) is 4.67. The molecule has 6 nitrogen and oxygen atoms in total. The van der Waals surface area contributed by atoms with Crippen LogP contribution in [0.5, 0.6) is 0 Å². The van der Waals surface area contributed by atoms with E-state index in [0.29, 0.717) is 0 Å². The van der Waals surface area contributed by atoms with Gasteiger partial charge in [-0.1, -0.05) is 30.3 Å². The summed E-state index contributed by atoms with van der Waals surface area (Å²) in [5.41, 5.74) is 1.93. The van der Waals surface area contributed by atoms with Crippen molar-refractivity contribution in [3.8, 4) is 11.3 Å². The van der Waals surface area contributed by atoms with E-state index in [1.54, 1.807) is 12.4 Å². The highest BCUT2D eigenvalue weighted by molar-refractivity contribution is 5.59. The van der Waals surface area contributed by atoms with Crippen molar-refractivity contribution in [2.24, 2.45) is 13.0 Å². The Hall–Kier alpha value is -2.73. The number of aromatic nitrogens is 4. The minimum Gasteiger partial charge on any atom is -0.385 e. The molecule has 134 valence electrons. The number of rotatable bonds is 4. The number of piperidine rings is 1. The molecule has 4 rings (SSSR count). The molecule has 0 aliphatic carbocycles. The van der Waals surface area contributed by atoms with Crippen molar-refractivity contribution < 1.29 is 5.11 Å². The molecular formula is C20H23N5O. The first kappa shape index (κ1) is 16.7. The lowest BCUT2D eigenvalue weighted by molar-refractivity contribution is 0.0873. The maximum Gasteiger partial charge on any atom is 0.147 e. The van der Waals surface area contributed by atoms with Gasteiger partial charge in [0.25, 0.3) is 0 Å². The molecule has 0 radical (unpaired) electrons. The fourth-order valence-electron chi connectivity index (χ4n) is 3.60. The molecular weight excluding hydrogens is 326 g/mol. The summed E-state index contributed by atoms with van der Waals surface area (Å²) in [6.07, 6.45) is 8.63. The van der Waals surface area contributed by atoms with E-state index in [4.69, 9.17) is 4.98 Å². The molecule has 0 unspecified atom stereocenters. The van der Waals surface area contributed by atoms with Crippen molar-refractivity contribution in [3.05, 3.63) is 60.9 Å². The van der Waals surface area contributed by atoms with Crippen molar-refractivity contribution in [3.63, 3.8) is 0 Å². The van der Waals surface area contributed by atoms with Gasteiger partial charge in [-0.05, 0) is 12.8 Å². The normalized spacial score (nSPS) is 18.7. The number of nitrogens with zero attached hydrogens (tertiary/aromatic N) is 5. The van der Waals surface area contributed by atoms with Gasteiger partial charge in [-0.3, -0.25) is 4.98 Å². The molecule has 0 bridgehead atoms. The Morgan fingerprint density at radius 1 is 1.19 bits per heavy atom. The van der Waals surface area contributed by atoms with E-state index in [1.165, 1.54) is 0 Å². The fourth-order valence-corrected chi connectivity index (χ4v) is 3.60. The van der Waals surface area contributed by atoms with Crippen LogP contribution >= 0.6 is 0 Å². The van der Waals surface area contributed by atoms with Crippen molar-refractivity contribution in [1.82, 2.24) is 19.5 Å². The summed E-state index contributed by atoms with van der Waals surface area (Å²) in [6, 6.07) is 10.1. The second-order valence-corrected chi connectivity index (χ2v) is 6.82. The second-order valence-electron chi connectivity index (χ2n) is 6.82. The number of aliphatic hydroxyl groups excluding tert-OH is 1. The number of aryl methyl sites for hydroxylation is 1. The van der Waals surface area contributed by atoms with Gasteiger partial charge in [0, 0.05) is 44.0 Å². The third kappa shape index (κ3) is 3.32. The third-order valence-electron chi connectivity index (χ3n) is 5.04. The molecule has 0 saturated carbocycles. The average molecular weight is 349 g/mol. The van der Waals surface area contributed by atoms with E-state index in [0.717, 1.165) is 48.8 Å². The van der Waals surface area contributed by atoms with Crippen LogP contribution in [0.25, 0.3) is 11.3 Å². The highest BCUT2D eigenvalue weighted by Gasteiger charge is 2.29. The highest BCUT2D eigenvalue weighted by Crippen LogP contribution is 2.31. The standard InChI is InChI=1S/C20H23N5O/c1-24-11-9-22-20(24)19(26)16-8-5-10-25(14-16)18-13-21-12-17(23-18)15-6-3-2-4-7-15/h2-4,6-7,9,11-13,16,19,26H,5,8,10,14H2,1H3/t16-,19+/m0/s1. The molecule has 1 aromatic carbocycles. The van der Waals surface area contributed by atoms with Gasteiger partial charge in [0.2, 0.25) is 0 Å². The summed E-state index contributed by atoms with van der Waals surface area (Å²) in [7, 11) is 1.92. The molecule has 2 aromatic heterocycles. The zero-order valence-electron chi connectivity index (χ0n) is 14.9. The Morgan fingerprint density at radius 3 is 2.81 bits per heavy atom. The number of anilines is 1. The van der Waals surface area contributed by atoms with Crippen molar-refractivity contribution in [2.45, 2.75) is 18.9 Å². The Balaban J connectivity index is 1.54. The van der Waals surface area contributed by atoms with Crippen LogP contribution in [0.2, 0.25) is 0 Å². The predicted octanol–water partition coefficient (Wildman–Crippen LogP) is 2.83. The Labute approximate surface area is 153 Å². The predicted molar refractivity (Wildman–Crippen MR) is 101 cm³/mol. The molecule has 3 aromatic rings. The molecule has 0 spiro atoms. The van der Waals surface area contributed by atoms with E-state index in [1.807, 2.05) is 54.3 Å². The van der Waals surface area contributed by atoms with E-state index < -0.39 is 6.10 Å². The number of benzene rings is 1. The number of hydrogen-bond acceptors (Lipinski definition) is 5. The summed E-state index contributed by atoms with van der Waals surface area (Å²) >= 11 is 0. The molecule has 3 heterocycles. The van der Waals surface area contributed by atoms with Gasteiger partial charge in [0.15, 0.2) is 0 Å². The van der Waals surface area contributed by atoms with Gasteiger partial charge < -0.3 is 14.6 Å². The topological polar surface area (TPSA) is 67.1 Å². The van der Waals surface area contributed by atoms with Gasteiger partial charge in [0.1, 0.15) is 17.7 Å². The van der Waals surface area contributed by atoms with E-state index in [2.05, 4.69) is 14.9 Å². The van der Waals surface area contributed by atoms with E-state index in [-0.39, 0.29) is 5.92 Å². The van der Waals surface area contributed by atoms with Gasteiger partial charge in [-0.25, -0.2) is 9.97 Å². The quantitative estimate of drug-likeness (QED) is 0.784. The first-order valence-electron chi connectivity index (χ1n) is 9.00. The number of imidazole rings is 1. The molecule has 0 amide bonds. The summed E-state index contributed by atoms with van der Waals surface area (Å²) in [4.78, 5) is 15.7. The van der Waals surface area contributed by atoms with Crippen LogP contribution in [0.15, 0.2) is 55.1 Å². The average Bonchev–Trinajstić information content (AvgIpc) is 3.14. The Bertz CT molecular complexity index is 863. The maximum absolute atomic E-state index is 10.8. The van der Waals surface area contributed by atoms with Crippen molar-refractivity contribution >= 4 is 5.82 Å². The van der Waals surface area contributed by atoms with Gasteiger partial charge in [0.05, 0.1) is 18.1 Å². The van der Waals surface area contributed by atoms with Gasteiger partial charge >= 0.3 is 0 Å². The molecule has 26 heavy (non-hydrogen) atoms. The SMILES string of the molecule is Cn1ccnc1[C@H](O)[C@H]1CCCN(c2cncc(-c3ccccc3)n2)C1. The lowest BCUT2D eigenvalue weighted by Crippen LogP contribution is -2.39. The lowest BCUT2D eigenvalue weighted by Gasteiger charge is -2.35. The largest absolute Gasteiger partial charge is 0.385 e. The monoisotopic (exact) mass is 349 g/mol. The molecule has 1 aliphatic rings. The van der Waals surface area contributed by atoms with Crippen LogP contribution in [-0.2, 0) is 7.05 Å². The van der Waals surface area contributed by atoms with Crippen LogP contribution in [0.1, 0.15) is 24.8 Å². The number of aliphatic hydroxyl groups is 1. The van der Waals surface area contributed by atoms with Crippen LogP contribution in [-0.4, -0.2) is 37.7 Å². The first-order valence-corrected chi connectivity index (χ1v) is 9.00. The zero-order chi connectivity index (χ0) is 17.9. The van der Waals surface area contributed by atoms with Gasteiger partial charge in [-0.2, -0.15) is 0 Å². The minimum atomic E-state index is -0.567. The fraction of sp³-hybridized carbons (Fsp3) is 0.350. The van der Waals surface area contributed by atoms with Gasteiger partial charge in [-0.15, -0.1) is 0 Å². The third-order valence-corrected chi connectivity index (χ3v) is 5.04. The second kappa shape index (κ2) is 7.25. The molecule has 1 saturated heterocycles. The van der Waals surface area contributed by atoms with E-state index in [9.17, 15) is 5.11 Å². The van der Waals surface area contributed by atoms with Crippen molar-refractivity contribution in [1.29, 1.82) is 0 Å². The minimum absolute atomic E-state index is 0.132. The molecule has 1 N–H and O–H groups in total. The summed E-state index contributed by atoms with van der Waals surface area (Å²) in [6.45, 7) is 1.68. The lowest BCUT2D eigenvalue weighted by atomic mass is 9.92. The molecule has 2 atom stereocenters. The zero-order valence-corrected chi connectivity index (χ0v) is 14.9. The van der Waals surface area contributed by atoms with Crippen LogP contribution in [0, 0.1) is 5.92 Å². The highest BCUT2D eigenvalue weighted by atomic mass is 16.3. The smallest absolute Gasteiger partial charge is 0.147 e. The summed E-state index contributed by atoms with van der Waals surface area (Å²) in [5, 5.41) is 10.8. The first-order chi connectivity index (χ1) is 12.7. The molecule has 1 aliphatic heterocycles. The number of hydrogen-bond donors (Lipinski definition) is 1. The molecule has 6 heteroatoms. The Morgan fingerprint density at radius 2 is 2.04 bits per heavy atom. The summed E-state index contributed by atoms with van der Waals surface area (Å²) in [5.74, 6) is 1.72.